The summed E-state index contributed by atoms with van der Waals surface area (Å²) in [7, 11) is -3.49. The second-order valence-corrected chi connectivity index (χ2v) is 11.8. The van der Waals surface area contributed by atoms with Gasteiger partial charge in [0.05, 0.1) is 11.5 Å². The number of hydrogen-bond acceptors (Lipinski definition) is 6. The number of piperazine rings is 1. The maximum atomic E-state index is 14.2. The molecule has 2 fully saturated rings. The molecule has 0 spiro atoms. The van der Waals surface area contributed by atoms with E-state index in [1.807, 2.05) is 0 Å². The number of carbonyl (C=O) groups is 1. The van der Waals surface area contributed by atoms with E-state index in [4.69, 9.17) is 9.47 Å². The van der Waals surface area contributed by atoms with Crippen molar-refractivity contribution < 1.29 is 40.2 Å². The number of benzene rings is 1. The molecule has 1 saturated carbocycles. The summed E-state index contributed by atoms with van der Waals surface area (Å²) in [5.41, 5.74) is -2.54. The van der Waals surface area contributed by atoms with E-state index in [0.29, 0.717) is 38.8 Å². The summed E-state index contributed by atoms with van der Waals surface area (Å²) in [6.07, 6.45) is -1.04. The molecular formula is C23H32F4N2O5S. The van der Waals surface area contributed by atoms with Gasteiger partial charge in [0.1, 0.15) is 0 Å². The van der Waals surface area contributed by atoms with Crippen molar-refractivity contribution >= 4 is 15.9 Å². The van der Waals surface area contributed by atoms with Gasteiger partial charge in [-0.2, -0.15) is 13.2 Å². The highest BCUT2D eigenvalue weighted by molar-refractivity contribution is 7.90. The third-order valence-corrected chi connectivity index (χ3v) is 7.85. The highest BCUT2D eigenvalue weighted by Crippen LogP contribution is 2.34. The second kappa shape index (κ2) is 10.5. The summed E-state index contributed by atoms with van der Waals surface area (Å²) in [6.45, 7) is 3.73. The minimum atomic E-state index is -4.64. The van der Waals surface area contributed by atoms with Gasteiger partial charge in [-0.1, -0.05) is 0 Å². The topological polar surface area (TPSA) is 76.2 Å². The van der Waals surface area contributed by atoms with Crippen LogP contribution in [0.4, 0.5) is 22.4 Å². The number of carbonyl (C=O) groups excluding carboxylic acids is 1. The summed E-state index contributed by atoms with van der Waals surface area (Å²) in [5, 5.41) is 0. The molecule has 1 aliphatic carbocycles. The monoisotopic (exact) mass is 524 g/mol. The van der Waals surface area contributed by atoms with Crippen LogP contribution in [0.2, 0.25) is 0 Å². The Labute approximate surface area is 203 Å². The second-order valence-electron chi connectivity index (χ2n) is 9.75. The molecule has 12 heteroatoms. The molecular weight excluding hydrogens is 492 g/mol. The molecule has 0 bridgehead atoms. The minimum absolute atomic E-state index is 0.0243. The summed E-state index contributed by atoms with van der Waals surface area (Å²) in [5.74, 6) is -0.450. The van der Waals surface area contributed by atoms with Crippen LogP contribution >= 0.6 is 0 Å². The van der Waals surface area contributed by atoms with Crippen LogP contribution in [0.25, 0.3) is 0 Å². The van der Waals surface area contributed by atoms with Gasteiger partial charge in [-0.05, 0) is 63.6 Å². The van der Waals surface area contributed by atoms with Gasteiger partial charge in [-0.3, -0.25) is 4.90 Å². The van der Waals surface area contributed by atoms with E-state index >= 15 is 0 Å². The minimum Gasteiger partial charge on any atom is -0.490 e. The van der Waals surface area contributed by atoms with E-state index in [2.05, 4.69) is 4.90 Å². The van der Waals surface area contributed by atoms with E-state index in [9.17, 15) is 30.8 Å². The van der Waals surface area contributed by atoms with Crippen LogP contribution in [0.1, 0.15) is 39.5 Å². The van der Waals surface area contributed by atoms with Gasteiger partial charge in [-0.15, -0.1) is 0 Å². The molecule has 7 nitrogen and oxygen atoms in total. The Morgan fingerprint density at radius 2 is 1.66 bits per heavy atom. The standard InChI is InChI=1S/C23H32F4N2O5S/c1-22(2,23(25,26)27)34-21(30)29-12-10-28(11-13-29)17-6-4-16(5-7-17)15-33-20-9-8-18(14-19(20)24)35(3,31)32/h8-9,14,16-17H,4-7,10-13,15H2,1-3H3. The summed E-state index contributed by atoms with van der Waals surface area (Å²) < 4.78 is 86.5. The lowest BCUT2D eigenvalue weighted by Crippen LogP contribution is -2.54. The van der Waals surface area contributed by atoms with Crippen LogP contribution in [0, 0.1) is 11.7 Å². The number of halogens is 4. The maximum Gasteiger partial charge on any atom is 0.427 e. The fourth-order valence-corrected chi connectivity index (χ4v) is 4.96. The zero-order chi connectivity index (χ0) is 26.0. The zero-order valence-electron chi connectivity index (χ0n) is 20.1. The largest absolute Gasteiger partial charge is 0.490 e. The van der Waals surface area contributed by atoms with Crippen LogP contribution < -0.4 is 4.74 Å². The number of alkyl halides is 3. The SMILES string of the molecule is CC(C)(OC(=O)N1CCN(C2CCC(COc3ccc(S(C)(=O)=O)cc3F)CC2)CC1)C(F)(F)F. The third kappa shape index (κ3) is 6.99. The first kappa shape index (κ1) is 27.5. The highest BCUT2D eigenvalue weighted by atomic mass is 32.2. The fraction of sp³-hybridized carbons (Fsp3) is 0.696. The Kier molecular flexibility index (Phi) is 8.25. The van der Waals surface area contributed by atoms with E-state index in [-0.39, 0.29) is 16.6 Å². The number of rotatable bonds is 6. The van der Waals surface area contributed by atoms with Gasteiger partial charge in [0.2, 0.25) is 5.60 Å². The molecule has 0 unspecified atom stereocenters. The lowest BCUT2D eigenvalue weighted by molar-refractivity contribution is -0.246. The molecule has 1 aliphatic heterocycles. The highest BCUT2D eigenvalue weighted by Gasteiger charge is 2.51. The van der Waals surface area contributed by atoms with Gasteiger partial charge >= 0.3 is 12.3 Å². The van der Waals surface area contributed by atoms with Crippen molar-refractivity contribution in [1.82, 2.24) is 9.80 Å². The Morgan fingerprint density at radius 1 is 1.06 bits per heavy atom. The van der Waals surface area contributed by atoms with Crippen molar-refractivity contribution in [3.8, 4) is 5.75 Å². The molecule has 0 aromatic heterocycles. The summed E-state index contributed by atoms with van der Waals surface area (Å²) in [4.78, 5) is 15.6. The van der Waals surface area contributed by atoms with Crippen molar-refractivity contribution in [3.05, 3.63) is 24.0 Å². The van der Waals surface area contributed by atoms with Gasteiger partial charge in [0.15, 0.2) is 21.4 Å². The Morgan fingerprint density at radius 3 is 2.17 bits per heavy atom. The fourth-order valence-electron chi connectivity index (χ4n) is 4.32. The van der Waals surface area contributed by atoms with Gasteiger partial charge in [0.25, 0.3) is 0 Å². The van der Waals surface area contributed by atoms with E-state index in [1.54, 1.807) is 0 Å². The van der Waals surface area contributed by atoms with Crippen LogP contribution in [-0.4, -0.2) is 81.2 Å². The van der Waals surface area contributed by atoms with Crippen molar-refractivity contribution in [2.45, 2.75) is 62.2 Å². The predicted molar refractivity (Wildman–Crippen MR) is 121 cm³/mol. The molecule has 0 radical (unpaired) electrons. The van der Waals surface area contributed by atoms with E-state index in [1.165, 1.54) is 17.0 Å². The summed E-state index contributed by atoms with van der Waals surface area (Å²) >= 11 is 0. The maximum absolute atomic E-state index is 14.2. The quantitative estimate of drug-likeness (QED) is 0.518. The number of amides is 1. The van der Waals surface area contributed by atoms with Crippen molar-refractivity contribution in [2.24, 2.45) is 5.92 Å². The average molecular weight is 525 g/mol. The zero-order valence-corrected chi connectivity index (χ0v) is 20.9. The number of ether oxygens (including phenoxy) is 2. The average Bonchev–Trinajstić information content (AvgIpc) is 2.77. The molecule has 1 aromatic rings. The van der Waals surface area contributed by atoms with Crippen LogP contribution in [0.5, 0.6) is 5.75 Å². The predicted octanol–water partition coefficient (Wildman–Crippen LogP) is 4.26. The van der Waals surface area contributed by atoms with Gasteiger partial charge in [-0.25, -0.2) is 17.6 Å². The van der Waals surface area contributed by atoms with Crippen LogP contribution in [0.15, 0.2) is 23.1 Å². The van der Waals surface area contributed by atoms with Gasteiger partial charge < -0.3 is 14.4 Å². The molecule has 0 atom stereocenters. The number of sulfone groups is 1. The lowest BCUT2D eigenvalue weighted by Gasteiger charge is -2.42. The van der Waals surface area contributed by atoms with Crippen LogP contribution in [0.3, 0.4) is 0 Å². The molecule has 35 heavy (non-hydrogen) atoms. The Hall–Kier alpha value is -2.08. The smallest absolute Gasteiger partial charge is 0.427 e. The lowest BCUT2D eigenvalue weighted by atomic mass is 9.85. The normalized spacial score (nSPS) is 22.7. The van der Waals surface area contributed by atoms with Crippen molar-refractivity contribution in [1.29, 1.82) is 0 Å². The summed E-state index contributed by atoms with van der Waals surface area (Å²) in [6, 6.07) is 3.92. The number of nitrogens with zero attached hydrogens (tertiary/aromatic N) is 2. The molecule has 1 heterocycles. The Balaban J connectivity index is 1.41. The molecule has 198 valence electrons. The first-order valence-corrected chi connectivity index (χ1v) is 13.5. The van der Waals surface area contributed by atoms with E-state index in [0.717, 1.165) is 51.9 Å². The molecule has 3 rings (SSSR count). The first-order chi connectivity index (χ1) is 16.2. The molecule has 0 N–H and O–H groups in total. The first-order valence-electron chi connectivity index (χ1n) is 11.6. The van der Waals surface area contributed by atoms with Crippen molar-refractivity contribution in [3.63, 3.8) is 0 Å². The van der Waals surface area contributed by atoms with Crippen LogP contribution in [-0.2, 0) is 14.6 Å². The Bertz CT molecular complexity index is 1000. The third-order valence-electron chi connectivity index (χ3n) is 6.74. The van der Waals surface area contributed by atoms with Gasteiger partial charge in [0, 0.05) is 38.5 Å². The molecule has 1 amide bonds. The molecule has 1 saturated heterocycles. The van der Waals surface area contributed by atoms with E-state index < -0.39 is 33.5 Å². The van der Waals surface area contributed by atoms with Crippen molar-refractivity contribution in [2.75, 3.05) is 39.0 Å². The molecule has 2 aliphatic rings. The molecule has 1 aromatic carbocycles. The number of hydrogen-bond donors (Lipinski definition) is 0.